The number of carbonyl (C=O) groups excluding carboxylic acids is 8. The molecule has 0 radical (unpaired) electrons. The first-order chi connectivity index (χ1) is 21.5. The van der Waals surface area contributed by atoms with Crippen molar-refractivity contribution < 1.29 is 47.8 Å². The Morgan fingerprint density at radius 2 is 1.07 bits per heavy atom. The third-order valence-corrected chi connectivity index (χ3v) is 5.82. The Bertz CT molecular complexity index is 1120. The fraction of sp³-hybridized carbons (Fsp3) is 0.655. The van der Waals surface area contributed by atoms with Gasteiger partial charge in [-0.25, -0.2) is 9.59 Å². The van der Waals surface area contributed by atoms with Crippen LogP contribution in [-0.2, 0) is 47.8 Å². The third-order valence-electron chi connectivity index (χ3n) is 5.82. The van der Waals surface area contributed by atoms with E-state index in [-0.39, 0.29) is 45.1 Å². The molecule has 0 bridgehead atoms. The minimum absolute atomic E-state index is 0.0357. The lowest BCUT2D eigenvalue weighted by Gasteiger charge is -2.23. The molecule has 0 aromatic rings. The van der Waals surface area contributed by atoms with Crippen molar-refractivity contribution in [2.75, 3.05) is 27.2 Å². The molecule has 0 saturated heterocycles. The van der Waals surface area contributed by atoms with E-state index in [4.69, 9.17) is 20.3 Å². The Hall–Kier alpha value is -4.54. The number of nitrogens with one attached hydrogen (secondary N) is 6. The van der Waals surface area contributed by atoms with Crippen LogP contribution in [0.1, 0.15) is 66.2 Å². The summed E-state index contributed by atoms with van der Waals surface area (Å²) < 4.78 is 10.3. The first kappa shape index (κ1) is 41.5. The number of esters is 2. The van der Waals surface area contributed by atoms with Crippen molar-refractivity contribution in [3.8, 4) is 0 Å². The molecule has 4 amide bonds. The molecule has 0 fully saturated rings. The van der Waals surface area contributed by atoms with Crippen molar-refractivity contribution in [2.24, 2.45) is 0 Å². The molecule has 0 saturated carbocycles. The minimum Gasteiger partial charge on any atom is -0.461 e. The second-order valence-electron chi connectivity index (χ2n) is 11.1. The summed E-state index contributed by atoms with van der Waals surface area (Å²) in [6.45, 7) is 5.95. The van der Waals surface area contributed by atoms with E-state index in [1.165, 1.54) is 0 Å². The van der Waals surface area contributed by atoms with Crippen LogP contribution in [0.15, 0.2) is 0 Å². The zero-order valence-electron chi connectivity index (χ0n) is 27.2. The molecule has 0 aromatic carbocycles. The van der Waals surface area contributed by atoms with Gasteiger partial charge in [0, 0.05) is 19.3 Å². The van der Waals surface area contributed by atoms with Gasteiger partial charge in [-0.15, -0.1) is 0 Å². The Balaban J connectivity index is 5.70. The van der Waals surface area contributed by atoms with Crippen LogP contribution in [0.3, 0.4) is 0 Å². The number of Topliss-reactive ketones (excluding diaryl/α,β-unsaturated/α-hetero) is 2. The molecule has 17 nitrogen and oxygen atoms in total. The molecule has 0 spiro atoms. The number of rotatable bonds is 23. The summed E-state index contributed by atoms with van der Waals surface area (Å²) in [5.41, 5.74) is 0. The number of hydrogen-bond donors (Lipinski definition) is 6. The highest BCUT2D eigenvalue weighted by Crippen LogP contribution is 2.08. The van der Waals surface area contributed by atoms with Crippen molar-refractivity contribution in [3.05, 3.63) is 0 Å². The largest absolute Gasteiger partial charge is 0.461 e. The molecule has 0 rings (SSSR count). The van der Waals surface area contributed by atoms with E-state index < -0.39 is 84.0 Å². The van der Waals surface area contributed by atoms with Crippen molar-refractivity contribution in [1.29, 1.82) is 10.8 Å². The summed E-state index contributed by atoms with van der Waals surface area (Å²) in [4.78, 5) is 101. The van der Waals surface area contributed by atoms with Crippen LogP contribution in [0.5, 0.6) is 0 Å². The highest BCUT2D eigenvalue weighted by Gasteiger charge is 2.30. The number of likely N-dealkylation sites (N-methyl/N-ethyl adjacent to an activating group) is 1. The van der Waals surface area contributed by atoms with Gasteiger partial charge in [0.05, 0.1) is 37.7 Å². The summed E-state index contributed by atoms with van der Waals surface area (Å²) in [6.07, 6.45) is -1.58. The molecule has 0 heterocycles. The van der Waals surface area contributed by atoms with Crippen molar-refractivity contribution in [1.82, 2.24) is 26.2 Å². The molecule has 17 heteroatoms. The summed E-state index contributed by atoms with van der Waals surface area (Å²) in [5, 5.41) is 23.9. The number of amides is 4. The Morgan fingerprint density at radius 1 is 0.630 bits per heavy atom. The van der Waals surface area contributed by atoms with Gasteiger partial charge in [-0.3, -0.25) is 28.8 Å². The quantitative estimate of drug-likeness (QED) is 0.0564. The normalized spacial score (nSPS) is 12.7. The Labute approximate surface area is 268 Å². The number of ketones is 2. The molecule has 46 heavy (non-hydrogen) atoms. The maximum absolute atomic E-state index is 13.2. The zero-order valence-corrected chi connectivity index (χ0v) is 27.2. The lowest BCUT2D eigenvalue weighted by Crippen LogP contribution is -2.52. The summed E-state index contributed by atoms with van der Waals surface area (Å²) in [5.74, 6) is -5.65. The highest BCUT2D eigenvalue weighted by molar-refractivity contribution is 6.26. The predicted molar refractivity (Wildman–Crippen MR) is 165 cm³/mol. The maximum atomic E-state index is 13.2. The molecule has 0 aliphatic heterocycles. The first-order valence-electron chi connectivity index (χ1n) is 14.8. The van der Waals surface area contributed by atoms with Crippen molar-refractivity contribution in [3.63, 3.8) is 0 Å². The van der Waals surface area contributed by atoms with Gasteiger partial charge in [0.1, 0.15) is 18.1 Å². The molecular weight excluding hydrogens is 606 g/mol. The molecule has 0 aliphatic carbocycles. The smallest absolute Gasteiger partial charge is 0.328 e. The van der Waals surface area contributed by atoms with Gasteiger partial charge >= 0.3 is 11.9 Å². The number of ether oxygens (including phenoxy) is 2. The van der Waals surface area contributed by atoms with E-state index in [1.807, 2.05) is 0 Å². The molecule has 258 valence electrons. The second kappa shape index (κ2) is 22.0. The van der Waals surface area contributed by atoms with Crippen LogP contribution in [-0.4, -0.2) is 122 Å². The lowest BCUT2D eigenvalue weighted by atomic mass is 10.0. The maximum Gasteiger partial charge on any atom is 0.328 e. The van der Waals surface area contributed by atoms with Crippen LogP contribution in [0.2, 0.25) is 0 Å². The fourth-order valence-electron chi connectivity index (χ4n) is 3.69. The van der Waals surface area contributed by atoms with Gasteiger partial charge in [0.15, 0.2) is 11.6 Å². The average molecular weight is 654 g/mol. The Morgan fingerprint density at radius 3 is 1.52 bits per heavy atom. The van der Waals surface area contributed by atoms with Crippen molar-refractivity contribution >= 4 is 59.6 Å². The van der Waals surface area contributed by atoms with E-state index in [9.17, 15) is 38.4 Å². The van der Waals surface area contributed by atoms with Gasteiger partial charge in [0.2, 0.25) is 23.6 Å². The van der Waals surface area contributed by atoms with E-state index in [0.717, 1.165) is 0 Å². The van der Waals surface area contributed by atoms with Gasteiger partial charge in [-0.05, 0) is 61.1 Å². The SMILES string of the molecule is CC(C)OC(=O)[C@H](CCC(=O)N[C@@H](CCC(=O)C=N)C(=O)N[C@@H](CCC(=O)C=N)C(=O)OC(C)C)NC(=O)CNC(=O)CN(C)C. The highest BCUT2D eigenvalue weighted by atomic mass is 16.5. The standard InChI is InChI=1S/C29H47N7O10/c1-17(2)45-28(43)22(34-25(40)15-32-26(41)16-36(5)6)11-12-24(39)33-21(9-7-19(37)13-30)27(42)35-23(10-8-20(38)14-31)29(44)46-18(3)4/h13-14,17-18,21-23,30-31H,7-12,15-16H2,1-6H3,(H,32,41)(H,33,39)(H,34,40)(H,35,42)/t21-,22-,23-/m0/s1. The van der Waals surface area contributed by atoms with E-state index in [2.05, 4.69) is 21.3 Å². The molecule has 0 aliphatic rings. The van der Waals surface area contributed by atoms with Crippen LogP contribution in [0.4, 0.5) is 0 Å². The third kappa shape index (κ3) is 19.0. The number of nitrogens with zero attached hydrogens (tertiary/aromatic N) is 1. The summed E-state index contributed by atoms with van der Waals surface area (Å²) in [7, 11) is 3.34. The van der Waals surface area contributed by atoms with Crippen LogP contribution in [0, 0.1) is 10.8 Å². The number of hydrogen-bond acceptors (Lipinski definition) is 13. The van der Waals surface area contributed by atoms with Crippen molar-refractivity contribution in [2.45, 2.75) is 96.6 Å². The van der Waals surface area contributed by atoms with Crippen LogP contribution in [0.25, 0.3) is 0 Å². The zero-order chi connectivity index (χ0) is 35.4. The predicted octanol–water partition coefficient (Wildman–Crippen LogP) is -1.20. The van der Waals surface area contributed by atoms with E-state index in [1.54, 1.807) is 46.7 Å². The molecule has 6 N–H and O–H groups in total. The van der Waals surface area contributed by atoms with Crippen LogP contribution < -0.4 is 21.3 Å². The monoisotopic (exact) mass is 653 g/mol. The fourth-order valence-corrected chi connectivity index (χ4v) is 3.69. The lowest BCUT2D eigenvalue weighted by molar-refractivity contribution is -0.152. The van der Waals surface area contributed by atoms with Crippen LogP contribution >= 0.6 is 0 Å². The van der Waals surface area contributed by atoms with Gasteiger partial charge in [-0.2, -0.15) is 0 Å². The first-order valence-corrected chi connectivity index (χ1v) is 14.8. The van der Waals surface area contributed by atoms with Gasteiger partial charge in [0.25, 0.3) is 0 Å². The molecule has 0 aromatic heterocycles. The minimum atomic E-state index is -1.37. The molecule has 0 unspecified atom stereocenters. The summed E-state index contributed by atoms with van der Waals surface area (Å²) in [6, 6.07) is -3.95. The number of carbonyl (C=O) groups is 8. The Kier molecular flexibility index (Phi) is 19.9. The second-order valence-corrected chi connectivity index (χ2v) is 11.1. The molecule has 3 atom stereocenters. The average Bonchev–Trinajstić information content (AvgIpc) is 2.96. The summed E-state index contributed by atoms with van der Waals surface area (Å²) >= 11 is 0. The molecular formula is C29H47N7O10. The van der Waals surface area contributed by atoms with Gasteiger partial charge in [-0.1, -0.05) is 0 Å². The topological polar surface area (TPSA) is 254 Å². The van der Waals surface area contributed by atoms with Gasteiger partial charge < -0.3 is 46.5 Å². The van der Waals surface area contributed by atoms with E-state index >= 15 is 0 Å². The van der Waals surface area contributed by atoms with E-state index in [0.29, 0.717) is 12.4 Å².